The summed E-state index contributed by atoms with van der Waals surface area (Å²) < 4.78 is 11.5. The summed E-state index contributed by atoms with van der Waals surface area (Å²) >= 11 is 0. The van der Waals surface area contributed by atoms with Gasteiger partial charge in [0.2, 0.25) is 0 Å². The lowest BCUT2D eigenvalue weighted by atomic mass is 10.1. The lowest BCUT2D eigenvalue weighted by Gasteiger charge is -2.02. The van der Waals surface area contributed by atoms with Crippen LogP contribution in [0.2, 0.25) is 0 Å². The first-order valence-corrected chi connectivity index (χ1v) is 7.36. The number of ether oxygens (including phenoxy) is 1. The topological polar surface area (TPSA) is 68.1 Å². The summed E-state index contributed by atoms with van der Waals surface area (Å²) in [5, 5.41) is 7.40. The normalized spacial score (nSPS) is 11.0. The van der Waals surface area contributed by atoms with E-state index >= 15 is 0 Å². The van der Waals surface area contributed by atoms with E-state index in [1.165, 1.54) is 0 Å². The minimum Gasteiger partial charge on any atom is -0.494 e. The number of nitrogens with zero attached hydrogens (tertiary/aromatic N) is 1. The number of aryl methyl sites for hydroxylation is 1. The van der Waals surface area contributed by atoms with Gasteiger partial charge >= 0.3 is 0 Å². The first kappa shape index (κ1) is 14.4. The number of benzene rings is 1. The van der Waals surface area contributed by atoms with Crippen LogP contribution < -0.4 is 10.3 Å². The SMILES string of the molecule is CCCOc1ccc2oc(Cc3cc(=O)[nH]nc3C)cc2c1. The second-order valence-corrected chi connectivity index (χ2v) is 5.28. The fourth-order valence-electron chi connectivity index (χ4n) is 2.35. The third-order valence-electron chi connectivity index (χ3n) is 3.48. The van der Waals surface area contributed by atoms with Crippen molar-refractivity contribution in [2.75, 3.05) is 6.61 Å². The fraction of sp³-hybridized carbons (Fsp3) is 0.294. The molecule has 1 aromatic carbocycles. The second-order valence-electron chi connectivity index (χ2n) is 5.28. The van der Waals surface area contributed by atoms with E-state index in [1.807, 2.05) is 31.2 Å². The third kappa shape index (κ3) is 3.03. The van der Waals surface area contributed by atoms with Gasteiger partial charge in [-0.2, -0.15) is 5.10 Å². The zero-order valence-corrected chi connectivity index (χ0v) is 12.7. The molecule has 0 saturated carbocycles. The lowest BCUT2D eigenvalue weighted by molar-refractivity contribution is 0.318. The van der Waals surface area contributed by atoms with E-state index in [9.17, 15) is 4.79 Å². The van der Waals surface area contributed by atoms with Gasteiger partial charge in [0.25, 0.3) is 5.56 Å². The minimum absolute atomic E-state index is 0.202. The summed E-state index contributed by atoms with van der Waals surface area (Å²) in [6.07, 6.45) is 1.52. The van der Waals surface area contributed by atoms with Crippen LogP contribution in [0, 0.1) is 6.92 Å². The molecule has 22 heavy (non-hydrogen) atoms. The molecule has 0 unspecified atom stereocenters. The van der Waals surface area contributed by atoms with E-state index in [2.05, 4.69) is 17.1 Å². The predicted octanol–water partition coefficient (Wildman–Crippen LogP) is 3.20. The molecule has 2 aromatic heterocycles. The lowest BCUT2D eigenvalue weighted by Crippen LogP contribution is -2.10. The van der Waals surface area contributed by atoms with Gasteiger partial charge in [-0.3, -0.25) is 4.79 Å². The Labute approximate surface area is 127 Å². The maximum Gasteiger partial charge on any atom is 0.264 e. The summed E-state index contributed by atoms with van der Waals surface area (Å²) in [6, 6.07) is 9.33. The molecule has 114 valence electrons. The smallest absolute Gasteiger partial charge is 0.264 e. The van der Waals surface area contributed by atoms with Gasteiger partial charge in [0.05, 0.1) is 12.3 Å². The van der Waals surface area contributed by atoms with Crippen LogP contribution in [-0.4, -0.2) is 16.8 Å². The molecule has 2 heterocycles. The fourth-order valence-corrected chi connectivity index (χ4v) is 2.35. The standard InChI is InChI=1S/C17H18N2O3/c1-3-6-21-14-4-5-16-13(8-14)9-15(22-16)7-12-10-17(20)19-18-11(12)2/h4-5,8-10H,3,6-7H2,1-2H3,(H,19,20). The Morgan fingerprint density at radius 2 is 2.14 bits per heavy atom. The number of fused-ring (bicyclic) bond motifs is 1. The van der Waals surface area contributed by atoms with E-state index in [0.717, 1.165) is 40.2 Å². The number of aromatic amines is 1. The number of H-pyrrole nitrogens is 1. The van der Waals surface area contributed by atoms with E-state index in [1.54, 1.807) is 6.07 Å². The number of hydrogen-bond acceptors (Lipinski definition) is 4. The maximum atomic E-state index is 11.4. The Balaban J connectivity index is 1.88. The number of hydrogen-bond donors (Lipinski definition) is 1. The Morgan fingerprint density at radius 3 is 2.95 bits per heavy atom. The number of rotatable bonds is 5. The highest BCUT2D eigenvalue weighted by Gasteiger charge is 2.09. The van der Waals surface area contributed by atoms with Crippen LogP contribution in [-0.2, 0) is 6.42 Å². The van der Waals surface area contributed by atoms with Gasteiger partial charge in [-0.25, -0.2) is 5.10 Å². The summed E-state index contributed by atoms with van der Waals surface area (Å²) in [5.74, 6) is 1.65. The first-order valence-electron chi connectivity index (χ1n) is 7.36. The molecule has 0 aliphatic carbocycles. The summed E-state index contributed by atoms with van der Waals surface area (Å²) in [5.41, 5.74) is 2.28. The molecule has 1 N–H and O–H groups in total. The van der Waals surface area contributed by atoms with Crippen LogP contribution in [0.3, 0.4) is 0 Å². The number of furan rings is 1. The average molecular weight is 298 g/mol. The molecule has 5 nitrogen and oxygen atoms in total. The van der Waals surface area contributed by atoms with Gasteiger partial charge in [0.15, 0.2) is 0 Å². The van der Waals surface area contributed by atoms with Crippen LogP contribution in [0.1, 0.15) is 30.4 Å². The van der Waals surface area contributed by atoms with Crippen LogP contribution in [0.25, 0.3) is 11.0 Å². The van der Waals surface area contributed by atoms with E-state index < -0.39 is 0 Å². The zero-order valence-electron chi connectivity index (χ0n) is 12.7. The zero-order chi connectivity index (χ0) is 15.5. The summed E-state index contributed by atoms with van der Waals surface area (Å²) in [7, 11) is 0. The largest absolute Gasteiger partial charge is 0.494 e. The quantitative estimate of drug-likeness (QED) is 0.785. The maximum absolute atomic E-state index is 11.4. The highest BCUT2D eigenvalue weighted by atomic mass is 16.5. The van der Waals surface area contributed by atoms with Gasteiger partial charge < -0.3 is 9.15 Å². The van der Waals surface area contributed by atoms with Crippen LogP contribution in [0.15, 0.2) is 39.5 Å². The van der Waals surface area contributed by atoms with E-state index in [0.29, 0.717) is 13.0 Å². The van der Waals surface area contributed by atoms with Crippen molar-refractivity contribution in [1.29, 1.82) is 0 Å². The molecule has 3 rings (SSSR count). The minimum atomic E-state index is -0.202. The molecule has 0 spiro atoms. The first-order chi connectivity index (χ1) is 10.7. The monoisotopic (exact) mass is 298 g/mol. The van der Waals surface area contributed by atoms with Crippen LogP contribution in [0.5, 0.6) is 5.75 Å². The van der Waals surface area contributed by atoms with Crippen molar-refractivity contribution < 1.29 is 9.15 Å². The van der Waals surface area contributed by atoms with Crippen molar-refractivity contribution in [2.24, 2.45) is 0 Å². The van der Waals surface area contributed by atoms with Gasteiger partial charge in [-0.1, -0.05) is 6.92 Å². The molecular weight excluding hydrogens is 280 g/mol. The predicted molar refractivity (Wildman–Crippen MR) is 84.4 cm³/mol. The Kier molecular flexibility index (Phi) is 3.96. The summed E-state index contributed by atoms with van der Waals surface area (Å²) in [6.45, 7) is 4.64. The molecule has 3 aromatic rings. The van der Waals surface area contributed by atoms with Gasteiger partial charge in [-0.05, 0) is 43.2 Å². The molecule has 0 amide bonds. The molecule has 0 radical (unpaired) electrons. The number of nitrogens with one attached hydrogen (secondary N) is 1. The van der Waals surface area contributed by atoms with Crippen LogP contribution >= 0.6 is 0 Å². The van der Waals surface area contributed by atoms with Gasteiger partial charge in [-0.15, -0.1) is 0 Å². The van der Waals surface area contributed by atoms with E-state index in [-0.39, 0.29) is 5.56 Å². The molecule has 0 aliphatic heterocycles. The number of aromatic nitrogens is 2. The van der Waals surface area contributed by atoms with Crippen molar-refractivity contribution in [3.05, 3.63) is 57.7 Å². The Bertz CT molecular complexity index is 848. The Morgan fingerprint density at radius 1 is 1.27 bits per heavy atom. The molecule has 0 fully saturated rings. The van der Waals surface area contributed by atoms with Gasteiger partial charge in [0.1, 0.15) is 17.1 Å². The van der Waals surface area contributed by atoms with Crippen LogP contribution in [0.4, 0.5) is 0 Å². The molecule has 0 aliphatic rings. The second kappa shape index (κ2) is 6.05. The highest BCUT2D eigenvalue weighted by molar-refractivity contribution is 5.79. The van der Waals surface area contributed by atoms with Crippen molar-refractivity contribution in [2.45, 2.75) is 26.7 Å². The summed E-state index contributed by atoms with van der Waals surface area (Å²) in [4.78, 5) is 11.4. The molecular formula is C17H18N2O3. The molecule has 0 bridgehead atoms. The highest BCUT2D eigenvalue weighted by Crippen LogP contribution is 2.25. The van der Waals surface area contributed by atoms with Crippen molar-refractivity contribution in [3.8, 4) is 5.75 Å². The molecule has 0 saturated heterocycles. The van der Waals surface area contributed by atoms with Crippen molar-refractivity contribution in [3.63, 3.8) is 0 Å². The van der Waals surface area contributed by atoms with Crippen molar-refractivity contribution >= 4 is 11.0 Å². The van der Waals surface area contributed by atoms with E-state index in [4.69, 9.17) is 9.15 Å². The molecule has 0 atom stereocenters. The average Bonchev–Trinajstić information content (AvgIpc) is 2.90. The Hall–Kier alpha value is -2.56. The van der Waals surface area contributed by atoms with Gasteiger partial charge in [0, 0.05) is 17.9 Å². The van der Waals surface area contributed by atoms with Crippen molar-refractivity contribution in [1.82, 2.24) is 10.2 Å². The third-order valence-corrected chi connectivity index (χ3v) is 3.48. The molecule has 5 heteroatoms.